The molecule has 0 heterocycles. The molecular weight excluding hydrogens is 294 g/mol. The van der Waals surface area contributed by atoms with Crippen molar-refractivity contribution in [2.24, 2.45) is 10.7 Å². The van der Waals surface area contributed by atoms with Crippen molar-refractivity contribution >= 4 is 17.6 Å². The van der Waals surface area contributed by atoms with Crippen LogP contribution in [-0.4, -0.2) is 26.1 Å². The van der Waals surface area contributed by atoms with Gasteiger partial charge in [-0.3, -0.25) is 0 Å². The van der Waals surface area contributed by atoms with Crippen molar-refractivity contribution in [1.29, 1.82) is 0 Å². The molecule has 0 saturated heterocycles. The number of aliphatic imine (C=N–C) groups is 1. The third-order valence-corrected chi connectivity index (χ3v) is 3.15. The van der Waals surface area contributed by atoms with Gasteiger partial charge in [-0.25, -0.2) is 9.79 Å². The Kier molecular flexibility index (Phi) is 5.57. The van der Waals surface area contributed by atoms with Crippen molar-refractivity contribution in [3.05, 3.63) is 59.7 Å². The van der Waals surface area contributed by atoms with E-state index in [2.05, 4.69) is 10.3 Å². The molecule has 0 amide bonds. The predicted octanol–water partition coefficient (Wildman–Crippen LogP) is 2.41. The highest BCUT2D eigenvalue weighted by atomic mass is 16.5. The first-order chi connectivity index (χ1) is 11.1. The Balaban J connectivity index is 2.08. The fourth-order valence-electron chi connectivity index (χ4n) is 2.00. The van der Waals surface area contributed by atoms with E-state index < -0.39 is 5.97 Å². The van der Waals surface area contributed by atoms with Crippen LogP contribution in [0.5, 0.6) is 5.75 Å². The van der Waals surface area contributed by atoms with Gasteiger partial charge in [0, 0.05) is 5.69 Å². The van der Waals surface area contributed by atoms with Crippen LogP contribution in [0.4, 0.5) is 5.69 Å². The average Bonchev–Trinajstić information content (AvgIpc) is 2.60. The quantitative estimate of drug-likeness (QED) is 0.503. The molecule has 0 aliphatic carbocycles. The van der Waals surface area contributed by atoms with Crippen LogP contribution >= 0.6 is 0 Å². The Hall–Kier alpha value is -3.02. The second kappa shape index (κ2) is 7.84. The van der Waals surface area contributed by atoms with Gasteiger partial charge >= 0.3 is 5.97 Å². The molecule has 2 aromatic carbocycles. The highest BCUT2D eigenvalue weighted by Gasteiger charge is 2.12. The molecule has 0 saturated carbocycles. The van der Waals surface area contributed by atoms with Crippen molar-refractivity contribution in [1.82, 2.24) is 0 Å². The number of para-hydroxylation sites is 1. The highest BCUT2D eigenvalue weighted by molar-refractivity contribution is 5.93. The Morgan fingerprint density at radius 3 is 2.57 bits per heavy atom. The van der Waals surface area contributed by atoms with Gasteiger partial charge in [0.15, 0.2) is 5.96 Å². The smallest absolute Gasteiger partial charge is 0.341 e. The second-order valence-electron chi connectivity index (χ2n) is 4.72. The van der Waals surface area contributed by atoms with Crippen LogP contribution in [0.2, 0.25) is 0 Å². The SMILES string of the molecule is COC(=O)c1ccc(CN=C(N)Nc2ccccc2)cc1OC. The van der Waals surface area contributed by atoms with Gasteiger partial charge in [0.25, 0.3) is 0 Å². The van der Waals surface area contributed by atoms with E-state index in [-0.39, 0.29) is 0 Å². The average molecular weight is 313 g/mol. The van der Waals surface area contributed by atoms with Crippen molar-refractivity contribution in [3.63, 3.8) is 0 Å². The Bertz CT molecular complexity index is 699. The summed E-state index contributed by atoms with van der Waals surface area (Å²) in [5.41, 5.74) is 7.97. The van der Waals surface area contributed by atoms with Crippen LogP contribution in [0.1, 0.15) is 15.9 Å². The molecule has 0 bridgehead atoms. The fourth-order valence-corrected chi connectivity index (χ4v) is 2.00. The zero-order valence-corrected chi connectivity index (χ0v) is 13.1. The third kappa shape index (κ3) is 4.47. The normalized spacial score (nSPS) is 11.0. The maximum atomic E-state index is 11.6. The number of esters is 1. The molecule has 0 spiro atoms. The molecule has 0 radical (unpaired) electrons. The lowest BCUT2D eigenvalue weighted by Gasteiger charge is -2.09. The number of carbonyl (C=O) groups is 1. The predicted molar refractivity (Wildman–Crippen MR) is 89.7 cm³/mol. The van der Waals surface area contributed by atoms with Crippen LogP contribution in [0.25, 0.3) is 0 Å². The summed E-state index contributed by atoms with van der Waals surface area (Å²) in [6.07, 6.45) is 0. The van der Waals surface area contributed by atoms with Crippen LogP contribution in [0, 0.1) is 0 Å². The number of hydrogen-bond acceptors (Lipinski definition) is 4. The second-order valence-corrected chi connectivity index (χ2v) is 4.72. The minimum atomic E-state index is -0.442. The molecule has 0 fully saturated rings. The number of anilines is 1. The molecule has 23 heavy (non-hydrogen) atoms. The lowest BCUT2D eigenvalue weighted by Crippen LogP contribution is -2.22. The van der Waals surface area contributed by atoms with Gasteiger partial charge in [-0.1, -0.05) is 24.3 Å². The van der Waals surface area contributed by atoms with Crippen molar-refractivity contribution in [2.45, 2.75) is 6.54 Å². The molecule has 6 nitrogen and oxygen atoms in total. The zero-order chi connectivity index (χ0) is 16.7. The molecular formula is C17H19N3O3. The summed E-state index contributed by atoms with van der Waals surface area (Å²) in [7, 11) is 2.83. The van der Waals surface area contributed by atoms with Gasteiger partial charge < -0.3 is 20.5 Å². The number of hydrogen-bond donors (Lipinski definition) is 2. The number of nitrogens with zero attached hydrogens (tertiary/aromatic N) is 1. The molecule has 0 atom stereocenters. The van der Waals surface area contributed by atoms with Crippen LogP contribution in [-0.2, 0) is 11.3 Å². The van der Waals surface area contributed by atoms with Crippen molar-refractivity contribution in [2.75, 3.05) is 19.5 Å². The summed E-state index contributed by atoms with van der Waals surface area (Å²) in [5, 5.41) is 3.00. The summed E-state index contributed by atoms with van der Waals surface area (Å²) in [5.74, 6) is 0.313. The van der Waals surface area contributed by atoms with E-state index in [1.165, 1.54) is 14.2 Å². The lowest BCUT2D eigenvalue weighted by atomic mass is 10.1. The molecule has 120 valence electrons. The van der Waals surface area contributed by atoms with E-state index in [0.717, 1.165) is 11.3 Å². The number of nitrogens with one attached hydrogen (secondary N) is 1. The third-order valence-electron chi connectivity index (χ3n) is 3.15. The molecule has 2 aromatic rings. The van der Waals surface area contributed by atoms with Crippen molar-refractivity contribution in [3.8, 4) is 5.75 Å². The standard InChI is InChI=1S/C17H19N3O3/c1-22-15-10-12(8-9-14(15)16(21)23-2)11-19-17(18)20-13-6-4-3-5-7-13/h3-10H,11H2,1-2H3,(H3,18,19,20). The summed E-state index contributed by atoms with van der Waals surface area (Å²) in [6.45, 7) is 0.365. The number of nitrogens with two attached hydrogens (primary N) is 1. The molecule has 0 aliphatic rings. The molecule has 0 unspecified atom stereocenters. The van der Waals surface area contributed by atoms with Crippen LogP contribution in [0.15, 0.2) is 53.5 Å². The van der Waals surface area contributed by atoms with Gasteiger partial charge in [0.2, 0.25) is 0 Å². The molecule has 0 aliphatic heterocycles. The highest BCUT2D eigenvalue weighted by Crippen LogP contribution is 2.21. The van der Waals surface area contributed by atoms with Gasteiger partial charge in [-0.2, -0.15) is 0 Å². The molecule has 0 aromatic heterocycles. The van der Waals surface area contributed by atoms with Crippen LogP contribution < -0.4 is 15.8 Å². The molecule has 2 rings (SSSR count). The van der Waals surface area contributed by atoms with E-state index in [9.17, 15) is 4.79 Å². The number of guanidine groups is 1. The first-order valence-corrected chi connectivity index (χ1v) is 7.01. The Morgan fingerprint density at radius 1 is 1.17 bits per heavy atom. The topological polar surface area (TPSA) is 85.9 Å². The maximum Gasteiger partial charge on any atom is 0.341 e. The van der Waals surface area contributed by atoms with Gasteiger partial charge in [0.1, 0.15) is 11.3 Å². The van der Waals surface area contributed by atoms with E-state index >= 15 is 0 Å². The van der Waals surface area contributed by atoms with E-state index in [1.807, 2.05) is 30.3 Å². The lowest BCUT2D eigenvalue weighted by molar-refractivity contribution is 0.0597. The van der Waals surface area contributed by atoms with Gasteiger partial charge in [-0.15, -0.1) is 0 Å². The van der Waals surface area contributed by atoms with E-state index in [4.69, 9.17) is 15.2 Å². The largest absolute Gasteiger partial charge is 0.496 e. The molecule has 3 N–H and O–H groups in total. The maximum absolute atomic E-state index is 11.6. The zero-order valence-electron chi connectivity index (χ0n) is 13.1. The number of methoxy groups -OCH3 is 2. The summed E-state index contributed by atoms with van der Waals surface area (Å²) >= 11 is 0. The minimum absolute atomic E-state index is 0.312. The van der Waals surface area contributed by atoms with E-state index in [1.54, 1.807) is 18.2 Å². The number of benzene rings is 2. The molecule has 6 heteroatoms. The number of rotatable bonds is 5. The summed E-state index contributed by atoms with van der Waals surface area (Å²) < 4.78 is 9.92. The van der Waals surface area contributed by atoms with Gasteiger partial charge in [0.05, 0.1) is 20.8 Å². The van der Waals surface area contributed by atoms with Crippen LogP contribution in [0.3, 0.4) is 0 Å². The summed E-state index contributed by atoms with van der Waals surface area (Å²) in [4.78, 5) is 15.9. The van der Waals surface area contributed by atoms with Gasteiger partial charge in [-0.05, 0) is 29.8 Å². The monoisotopic (exact) mass is 313 g/mol. The summed E-state index contributed by atoms with van der Waals surface area (Å²) in [6, 6.07) is 14.7. The van der Waals surface area contributed by atoms with E-state index in [0.29, 0.717) is 23.8 Å². The number of carbonyl (C=O) groups excluding carboxylic acids is 1. The minimum Gasteiger partial charge on any atom is -0.496 e. The van der Waals surface area contributed by atoms with Crippen molar-refractivity contribution < 1.29 is 14.3 Å². The number of ether oxygens (including phenoxy) is 2. The fraction of sp³-hybridized carbons (Fsp3) is 0.176. The Morgan fingerprint density at radius 2 is 1.91 bits per heavy atom. The Labute approximate surface area is 134 Å². The first-order valence-electron chi connectivity index (χ1n) is 7.01. The first kappa shape index (κ1) is 16.4.